The van der Waals surface area contributed by atoms with E-state index >= 15 is 0 Å². The van der Waals surface area contributed by atoms with Gasteiger partial charge in [-0.15, -0.1) is 12.4 Å². The minimum absolute atomic E-state index is 0. The minimum Gasteiger partial charge on any atom is -0.496 e. The van der Waals surface area contributed by atoms with Gasteiger partial charge in [0.2, 0.25) is 5.09 Å². The molecule has 1 aliphatic rings. The number of benzene rings is 1. The van der Waals surface area contributed by atoms with Crippen LogP contribution in [0.2, 0.25) is 0 Å². The highest BCUT2D eigenvalue weighted by Gasteiger charge is 2.33. The zero-order chi connectivity index (χ0) is 19.6. The number of ether oxygens (including phenoxy) is 1. The van der Waals surface area contributed by atoms with Crippen LogP contribution in [0.15, 0.2) is 39.8 Å². The van der Waals surface area contributed by atoms with Crippen molar-refractivity contribution < 1.29 is 22.4 Å². The molecule has 1 unspecified atom stereocenters. The quantitative estimate of drug-likeness (QED) is 0.750. The number of nitrogens with zero attached hydrogens (tertiary/aromatic N) is 1. The molecule has 1 aromatic carbocycles. The summed E-state index contributed by atoms with van der Waals surface area (Å²) in [6.45, 7) is 3.29. The Labute approximate surface area is 170 Å². The van der Waals surface area contributed by atoms with E-state index in [2.05, 4.69) is 10.0 Å². The number of furan rings is 1. The maximum atomic E-state index is 13.2. The van der Waals surface area contributed by atoms with Crippen molar-refractivity contribution in [2.75, 3.05) is 33.8 Å². The number of hydrogen-bond acceptors (Lipinski definition) is 6. The lowest BCUT2D eigenvalue weighted by Gasteiger charge is -2.37. The van der Waals surface area contributed by atoms with Gasteiger partial charge in [-0.1, -0.05) is 18.2 Å². The number of halogens is 1. The fourth-order valence-corrected chi connectivity index (χ4v) is 3.93. The van der Waals surface area contributed by atoms with Crippen LogP contribution in [-0.4, -0.2) is 53.0 Å². The number of rotatable bonds is 5. The third kappa shape index (κ3) is 4.17. The smallest absolute Gasteiger partial charge is 0.273 e. The number of amides is 1. The summed E-state index contributed by atoms with van der Waals surface area (Å²) < 4.78 is 36.9. The van der Waals surface area contributed by atoms with Crippen molar-refractivity contribution in [1.82, 2.24) is 14.9 Å². The number of carbonyl (C=O) groups is 1. The van der Waals surface area contributed by atoms with Crippen LogP contribution >= 0.6 is 12.4 Å². The van der Waals surface area contributed by atoms with Gasteiger partial charge in [0, 0.05) is 31.3 Å². The Kier molecular flexibility index (Phi) is 7.11. The molecule has 3 rings (SSSR count). The summed E-state index contributed by atoms with van der Waals surface area (Å²) >= 11 is 0. The van der Waals surface area contributed by atoms with Crippen molar-refractivity contribution >= 4 is 28.3 Å². The lowest BCUT2D eigenvalue weighted by atomic mass is 10.0. The Morgan fingerprint density at radius 2 is 2.07 bits per heavy atom. The van der Waals surface area contributed by atoms with Crippen LogP contribution in [0.5, 0.6) is 5.75 Å². The Bertz CT molecular complexity index is 944. The van der Waals surface area contributed by atoms with Crippen molar-refractivity contribution in [2.45, 2.75) is 18.1 Å². The Morgan fingerprint density at radius 3 is 2.75 bits per heavy atom. The van der Waals surface area contributed by atoms with Crippen LogP contribution < -0.4 is 14.8 Å². The highest BCUT2D eigenvalue weighted by atomic mass is 35.5. The summed E-state index contributed by atoms with van der Waals surface area (Å²) in [6, 6.07) is 8.60. The van der Waals surface area contributed by atoms with E-state index < -0.39 is 10.0 Å². The molecular weight excluding hydrogens is 406 g/mol. The molecular formula is C18H24ClN3O5S. The van der Waals surface area contributed by atoms with E-state index in [0.29, 0.717) is 25.4 Å². The van der Waals surface area contributed by atoms with Crippen LogP contribution in [0.4, 0.5) is 0 Å². The largest absolute Gasteiger partial charge is 0.496 e. The van der Waals surface area contributed by atoms with E-state index in [0.717, 1.165) is 5.56 Å². The molecule has 10 heteroatoms. The molecule has 1 saturated heterocycles. The molecule has 1 aromatic heterocycles. The topological polar surface area (TPSA) is 101 Å². The van der Waals surface area contributed by atoms with Gasteiger partial charge in [0.15, 0.2) is 0 Å². The second kappa shape index (κ2) is 8.95. The van der Waals surface area contributed by atoms with Gasteiger partial charge >= 0.3 is 0 Å². The van der Waals surface area contributed by atoms with Crippen LogP contribution in [0.1, 0.15) is 27.7 Å². The Hall–Kier alpha value is -2.07. The summed E-state index contributed by atoms with van der Waals surface area (Å²) in [5.74, 6) is 0.698. The van der Waals surface area contributed by atoms with E-state index in [1.807, 2.05) is 24.3 Å². The molecule has 154 valence electrons. The summed E-state index contributed by atoms with van der Waals surface area (Å²) in [6.07, 6.45) is 0. The first kappa shape index (κ1) is 22.2. The first-order valence-electron chi connectivity index (χ1n) is 8.57. The van der Waals surface area contributed by atoms with Gasteiger partial charge in [-0.05, 0) is 20.0 Å². The number of methoxy groups -OCH3 is 1. The van der Waals surface area contributed by atoms with Crippen LogP contribution in [0, 0.1) is 6.92 Å². The molecule has 0 bridgehead atoms. The van der Waals surface area contributed by atoms with Gasteiger partial charge < -0.3 is 19.4 Å². The molecule has 28 heavy (non-hydrogen) atoms. The van der Waals surface area contributed by atoms with Crippen molar-refractivity contribution in [2.24, 2.45) is 0 Å². The van der Waals surface area contributed by atoms with Crippen LogP contribution in [-0.2, 0) is 10.0 Å². The Balaban J connectivity index is 0.00000280. The van der Waals surface area contributed by atoms with Crippen molar-refractivity contribution in [3.8, 4) is 5.75 Å². The van der Waals surface area contributed by atoms with Crippen LogP contribution in [0.3, 0.4) is 0 Å². The summed E-state index contributed by atoms with van der Waals surface area (Å²) in [5.41, 5.74) is 1.13. The SMILES string of the molecule is CNS(=O)(=O)c1cc(C(=O)N2CCNCC2c2ccccc2OC)c(C)o1.Cl. The standard InChI is InChI=1S/C18H23N3O5S.ClH/c1-12-14(10-17(26-12)27(23,24)19-2)18(22)21-9-8-20-11-15(21)13-6-4-5-7-16(13)25-3;/h4-7,10,15,19-20H,8-9,11H2,1-3H3;1H. The number of piperazine rings is 1. The van der Waals surface area contributed by atoms with Gasteiger partial charge in [0.1, 0.15) is 11.5 Å². The molecule has 1 amide bonds. The summed E-state index contributed by atoms with van der Waals surface area (Å²) in [4.78, 5) is 14.9. The fourth-order valence-electron chi connectivity index (χ4n) is 3.22. The summed E-state index contributed by atoms with van der Waals surface area (Å²) in [7, 11) is -0.872. The molecule has 1 atom stereocenters. The van der Waals surface area contributed by atoms with Gasteiger partial charge in [-0.25, -0.2) is 13.1 Å². The van der Waals surface area contributed by atoms with E-state index in [9.17, 15) is 13.2 Å². The zero-order valence-corrected chi connectivity index (χ0v) is 17.5. The van der Waals surface area contributed by atoms with Crippen molar-refractivity contribution in [3.63, 3.8) is 0 Å². The predicted molar refractivity (Wildman–Crippen MR) is 107 cm³/mol. The predicted octanol–water partition coefficient (Wildman–Crippen LogP) is 1.71. The number of hydrogen-bond donors (Lipinski definition) is 2. The van der Waals surface area contributed by atoms with Crippen molar-refractivity contribution in [1.29, 1.82) is 0 Å². The van der Waals surface area contributed by atoms with Gasteiger partial charge in [0.25, 0.3) is 15.9 Å². The molecule has 2 aromatic rings. The van der Waals surface area contributed by atoms with Gasteiger partial charge in [0.05, 0.1) is 18.7 Å². The Morgan fingerprint density at radius 1 is 1.36 bits per heavy atom. The van der Waals surface area contributed by atoms with Gasteiger partial charge in [-0.3, -0.25) is 4.79 Å². The van der Waals surface area contributed by atoms with E-state index in [1.54, 1.807) is 18.9 Å². The highest BCUT2D eigenvalue weighted by Crippen LogP contribution is 2.32. The first-order valence-corrected chi connectivity index (χ1v) is 10.1. The molecule has 8 nitrogen and oxygen atoms in total. The average Bonchev–Trinajstić information content (AvgIpc) is 3.10. The lowest BCUT2D eigenvalue weighted by Crippen LogP contribution is -2.48. The third-order valence-corrected chi connectivity index (χ3v) is 5.93. The minimum atomic E-state index is -3.76. The van der Waals surface area contributed by atoms with Gasteiger partial charge in [-0.2, -0.15) is 0 Å². The molecule has 2 heterocycles. The highest BCUT2D eigenvalue weighted by molar-refractivity contribution is 7.89. The number of aryl methyl sites for hydroxylation is 1. The molecule has 1 fully saturated rings. The van der Waals surface area contributed by atoms with E-state index in [4.69, 9.17) is 9.15 Å². The van der Waals surface area contributed by atoms with Crippen molar-refractivity contribution in [3.05, 3.63) is 47.2 Å². The molecule has 0 spiro atoms. The van der Waals surface area contributed by atoms with Crippen LogP contribution in [0.25, 0.3) is 0 Å². The van der Waals surface area contributed by atoms with E-state index in [-0.39, 0.29) is 40.8 Å². The number of nitrogens with one attached hydrogen (secondary N) is 2. The third-order valence-electron chi connectivity index (χ3n) is 4.66. The molecule has 0 radical (unpaired) electrons. The molecule has 1 aliphatic heterocycles. The summed E-state index contributed by atoms with van der Waals surface area (Å²) in [5, 5.41) is 3.03. The maximum Gasteiger partial charge on any atom is 0.273 e. The lowest BCUT2D eigenvalue weighted by molar-refractivity contribution is 0.0630. The first-order chi connectivity index (χ1) is 12.9. The maximum absolute atomic E-state index is 13.2. The number of carbonyl (C=O) groups excluding carboxylic acids is 1. The monoisotopic (exact) mass is 429 g/mol. The number of sulfonamides is 1. The second-order valence-electron chi connectivity index (χ2n) is 6.20. The zero-order valence-electron chi connectivity index (χ0n) is 15.9. The molecule has 0 aliphatic carbocycles. The second-order valence-corrected chi connectivity index (χ2v) is 8.02. The normalized spacial score (nSPS) is 17.1. The molecule has 0 saturated carbocycles. The molecule has 2 N–H and O–H groups in total. The van der Waals surface area contributed by atoms with E-state index in [1.165, 1.54) is 13.1 Å². The fraction of sp³-hybridized carbons (Fsp3) is 0.389. The number of para-hydroxylation sites is 1. The average molecular weight is 430 g/mol.